The van der Waals surface area contributed by atoms with Crippen LogP contribution in [0.3, 0.4) is 0 Å². The summed E-state index contributed by atoms with van der Waals surface area (Å²) in [5, 5.41) is 0. The zero-order valence-electron chi connectivity index (χ0n) is 31.4. The number of nitrogens with zero attached hydrogens (tertiary/aromatic N) is 2. The first-order valence-electron chi connectivity index (χ1n) is 19.2. The molecule has 0 atom stereocenters. The largest absolute Gasteiger partial charge is 2.00 e. The number of hydrogen-bond acceptors (Lipinski definition) is 0. The molecule has 0 spiro atoms. The predicted molar refractivity (Wildman–Crippen MR) is 206 cm³/mol. The first-order chi connectivity index (χ1) is 22.5. The Morgan fingerprint density at radius 3 is 1.45 bits per heavy atom. The van der Waals surface area contributed by atoms with Gasteiger partial charge in [-0.1, -0.05) is 130 Å². The Morgan fingerprint density at radius 2 is 0.936 bits per heavy atom. The van der Waals surface area contributed by atoms with Gasteiger partial charge < -0.3 is 19.4 Å². The van der Waals surface area contributed by atoms with E-state index in [0.29, 0.717) is 0 Å². The van der Waals surface area contributed by atoms with Crippen LogP contribution in [0.15, 0.2) is 59.7 Å². The molecule has 0 saturated carbocycles. The van der Waals surface area contributed by atoms with Crippen molar-refractivity contribution < 1.29 is 21.2 Å². The minimum absolute atomic E-state index is 0. The van der Waals surface area contributed by atoms with Crippen molar-refractivity contribution in [3.8, 4) is 0 Å². The molecule has 0 aliphatic carbocycles. The molecule has 1 aliphatic heterocycles. The van der Waals surface area contributed by atoms with E-state index in [2.05, 4.69) is 104 Å². The van der Waals surface area contributed by atoms with Gasteiger partial charge in [0.25, 0.3) is 0 Å². The fraction of sp³-hybridized carbons (Fsp3) is 0.591. The molecule has 3 rings (SSSR count). The summed E-state index contributed by atoms with van der Waals surface area (Å²) >= 11 is 0. The first kappa shape index (κ1) is 45.0. The fourth-order valence-corrected chi connectivity index (χ4v) is 5.69. The quantitative estimate of drug-likeness (QED) is 0.0574. The van der Waals surface area contributed by atoms with Crippen molar-refractivity contribution in [2.24, 2.45) is 0 Å². The zero-order chi connectivity index (χ0) is 34.0. The molecule has 0 unspecified atom stereocenters. The third-order valence-corrected chi connectivity index (χ3v) is 8.69. The van der Waals surface area contributed by atoms with Gasteiger partial charge in [-0.25, -0.2) is 4.70 Å². The van der Waals surface area contributed by atoms with Crippen LogP contribution in [-0.4, -0.2) is 4.70 Å². The number of rotatable bonds is 20. The second-order valence-electron chi connectivity index (χ2n) is 12.9. The first-order valence-corrected chi connectivity index (χ1v) is 19.2. The van der Waals surface area contributed by atoms with Crippen molar-refractivity contribution in [2.75, 3.05) is 0 Å². The summed E-state index contributed by atoms with van der Waals surface area (Å²) in [4.78, 5) is 0. The van der Waals surface area contributed by atoms with Crippen molar-refractivity contribution in [3.05, 3.63) is 101 Å². The summed E-state index contributed by atoms with van der Waals surface area (Å²) in [5.41, 5.74) is 21.6. The van der Waals surface area contributed by atoms with E-state index in [1.807, 2.05) is 0 Å². The molecule has 2 nitrogen and oxygen atoms in total. The van der Waals surface area contributed by atoms with Gasteiger partial charge in [0.15, 0.2) is 0 Å². The smallest absolute Gasteiger partial charge is 0.493 e. The monoisotopic (exact) mass is 684 g/mol. The van der Waals surface area contributed by atoms with Crippen molar-refractivity contribution in [1.29, 1.82) is 0 Å². The van der Waals surface area contributed by atoms with Gasteiger partial charge >= 0.3 is 16.5 Å². The third kappa shape index (κ3) is 16.8. The van der Waals surface area contributed by atoms with E-state index in [1.54, 1.807) is 0 Å². The fourth-order valence-electron chi connectivity index (χ4n) is 5.69. The predicted octanol–water partition coefficient (Wildman–Crippen LogP) is 14.7. The molecule has 0 saturated heterocycles. The molecule has 0 bridgehead atoms. The van der Waals surface area contributed by atoms with E-state index in [1.165, 1.54) is 91.2 Å². The van der Waals surface area contributed by atoms with E-state index in [0.717, 1.165) is 86.7 Å². The Hall–Kier alpha value is -1.99. The number of unbranched alkanes of at least 4 members (excludes halogenated alkanes) is 10. The van der Waals surface area contributed by atoms with Gasteiger partial charge in [-0.2, -0.15) is 12.8 Å². The minimum atomic E-state index is 0. The molecule has 0 N–H and O–H groups in total. The molecule has 0 fully saturated rings. The zero-order valence-corrected chi connectivity index (χ0v) is 32.4. The van der Waals surface area contributed by atoms with Crippen molar-refractivity contribution in [3.63, 3.8) is 0 Å². The molecular weight excluding hydrogens is 615 g/mol. The van der Waals surface area contributed by atoms with Gasteiger partial charge in [0.1, 0.15) is 0 Å². The van der Waals surface area contributed by atoms with Crippen LogP contribution in [0.2, 0.25) is 0 Å². The van der Waals surface area contributed by atoms with Crippen LogP contribution in [0.1, 0.15) is 179 Å². The Balaban J connectivity index is 0.00000211. The van der Waals surface area contributed by atoms with E-state index in [4.69, 9.17) is 0 Å². The Bertz CT molecular complexity index is 1130. The minimum Gasteiger partial charge on any atom is -0.493 e. The normalized spacial score (nSPS) is 12.4. The molecule has 0 radical (unpaired) electrons. The number of aryl methyl sites for hydroxylation is 2. The van der Waals surface area contributed by atoms with Crippen LogP contribution in [0.5, 0.6) is 0 Å². The molecule has 2 aromatic rings. The average molecular weight is 686 g/mol. The second kappa shape index (κ2) is 29.0. The molecule has 0 amide bonds. The summed E-state index contributed by atoms with van der Waals surface area (Å²) < 4.78 is 1.54. The van der Waals surface area contributed by atoms with Crippen LogP contribution < -0.4 is 0 Å². The summed E-state index contributed by atoms with van der Waals surface area (Å²) in [6.07, 6.45) is 23.8. The summed E-state index contributed by atoms with van der Waals surface area (Å²) in [5.74, 6) is 0. The van der Waals surface area contributed by atoms with Crippen LogP contribution in [0.25, 0.3) is 16.9 Å². The van der Waals surface area contributed by atoms with E-state index >= 15 is 0 Å². The van der Waals surface area contributed by atoms with Gasteiger partial charge in [-0.05, 0) is 86.8 Å². The summed E-state index contributed by atoms with van der Waals surface area (Å²) in [6.45, 7) is 20.5. The summed E-state index contributed by atoms with van der Waals surface area (Å²) in [7, 11) is 0. The maximum Gasteiger partial charge on any atom is 2.00 e. The Kier molecular flexibility index (Phi) is 27.8. The Labute approximate surface area is 302 Å². The van der Waals surface area contributed by atoms with Gasteiger partial charge in [-0.3, -0.25) is 0 Å². The standard InChI is InChI=1S/C36H52N2.2C4H9.Ni/c1-5-9-13-14-15-16-19-29-24-26-31(27-25-29)35-33(22-11-7-3)34(23-12-8-4)36(38(35)37)32-21-17-20-30(28-32)18-10-6-2;2*1-3-4-2;/h17,20-21,24-28H,5-16,18-19,22-23H2,1-4H3;2*1,3-4H2,2H3;/q;2*-1;+2. The van der Waals surface area contributed by atoms with Crippen LogP contribution in [-0.2, 0) is 29.3 Å². The van der Waals surface area contributed by atoms with E-state index in [-0.39, 0.29) is 16.5 Å². The van der Waals surface area contributed by atoms with E-state index in [9.17, 15) is 5.53 Å². The molecule has 2 aromatic carbocycles. The van der Waals surface area contributed by atoms with E-state index < -0.39 is 0 Å². The van der Waals surface area contributed by atoms with Crippen LogP contribution in [0.4, 0.5) is 0 Å². The molecule has 3 heteroatoms. The van der Waals surface area contributed by atoms with Crippen molar-refractivity contribution in [1.82, 2.24) is 0 Å². The maximum absolute atomic E-state index is 11.8. The SMILES string of the molecule is CCCCCCCCc1ccc(C2=C(CCCC)C(CCCC)=C(c3cccc(CCCC)c3)[N+]2=[N-])cc1.[CH2-]CCC.[CH2-]CCC.[Ni+2]. The summed E-state index contributed by atoms with van der Waals surface area (Å²) in [6, 6.07) is 18.0. The molecule has 1 heterocycles. The molecule has 1 aliphatic rings. The molecular formula is C44H70N2Ni. The molecule has 266 valence electrons. The average Bonchev–Trinajstić information content (AvgIpc) is 3.37. The maximum atomic E-state index is 11.8. The third-order valence-electron chi connectivity index (χ3n) is 8.69. The number of benzene rings is 2. The Morgan fingerprint density at radius 1 is 0.489 bits per heavy atom. The van der Waals surface area contributed by atoms with Gasteiger partial charge in [0.05, 0.1) is 0 Å². The van der Waals surface area contributed by atoms with Crippen molar-refractivity contribution in [2.45, 2.75) is 170 Å². The van der Waals surface area contributed by atoms with Crippen molar-refractivity contribution >= 4 is 11.4 Å². The van der Waals surface area contributed by atoms with Gasteiger partial charge in [0, 0.05) is 22.3 Å². The topological polar surface area (TPSA) is 25.3 Å². The number of hydrogen-bond donors (Lipinski definition) is 0. The molecule has 0 aromatic heterocycles. The number of allylic oxidation sites excluding steroid dienone is 2. The van der Waals surface area contributed by atoms with Gasteiger partial charge in [-0.15, -0.1) is 0 Å². The van der Waals surface area contributed by atoms with Gasteiger partial charge in [0.2, 0.25) is 11.4 Å². The van der Waals surface area contributed by atoms with Crippen LogP contribution >= 0.6 is 0 Å². The molecule has 47 heavy (non-hydrogen) atoms. The second-order valence-corrected chi connectivity index (χ2v) is 12.9. The van der Waals surface area contributed by atoms with Crippen LogP contribution in [0, 0.1) is 13.8 Å².